The molecule has 11 heteroatoms. The maximum atomic E-state index is 11.4. The van der Waals surface area contributed by atoms with Crippen molar-refractivity contribution in [3.05, 3.63) is 58.8 Å². The highest BCUT2D eigenvalue weighted by Gasteiger charge is 2.28. The van der Waals surface area contributed by atoms with Crippen molar-refractivity contribution < 1.29 is 24.1 Å². The first-order chi connectivity index (χ1) is 17.0. The van der Waals surface area contributed by atoms with Gasteiger partial charge in [0.25, 0.3) is 5.89 Å². The van der Waals surface area contributed by atoms with Gasteiger partial charge >= 0.3 is 0 Å². The second-order valence-electron chi connectivity index (χ2n) is 7.44. The first kappa shape index (κ1) is 24.2. The molecule has 0 fully saturated rings. The van der Waals surface area contributed by atoms with Gasteiger partial charge in [-0.15, -0.1) is 10.2 Å². The fourth-order valence-corrected chi connectivity index (χ4v) is 3.74. The molecule has 10 nitrogen and oxygen atoms in total. The quantitative estimate of drug-likeness (QED) is 0.311. The van der Waals surface area contributed by atoms with E-state index in [0.29, 0.717) is 45.6 Å². The summed E-state index contributed by atoms with van der Waals surface area (Å²) in [6.07, 6.45) is 1.76. The zero-order chi connectivity index (χ0) is 24.9. The molecule has 0 bridgehead atoms. The maximum absolute atomic E-state index is 11.4. The van der Waals surface area contributed by atoms with E-state index in [1.807, 2.05) is 6.92 Å². The lowest BCUT2D eigenvalue weighted by atomic mass is 9.97. The number of nitrogens with one attached hydrogen (secondary N) is 1. The van der Waals surface area contributed by atoms with Gasteiger partial charge in [-0.1, -0.05) is 24.6 Å². The largest absolute Gasteiger partial charge is 0.506 e. The van der Waals surface area contributed by atoms with Crippen LogP contribution in [0.5, 0.6) is 23.1 Å². The van der Waals surface area contributed by atoms with Gasteiger partial charge in [-0.2, -0.15) is 0 Å². The van der Waals surface area contributed by atoms with Crippen LogP contribution in [0.15, 0.2) is 40.9 Å². The molecule has 0 amide bonds. The van der Waals surface area contributed by atoms with E-state index in [1.54, 1.807) is 30.3 Å². The highest BCUT2D eigenvalue weighted by molar-refractivity contribution is 6.30. The summed E-state index contributed by atoms with van der Waals surface area (Å²) >= 11 is 5.89. The topological polar surface area (TPSA) is 136 Å². The molecule has 182 valence electrons. The summed E-state index contributed by atoms with van der Waals surface area (Å²) in [6.45, 7) is 2.86. The molecular formula is C24H24ClN5O5. The number of ether oxygens (including phenoxy) is 2. The average molecular weight is 498 g/mol. The molecule has 4 aromatic rings. The molecule has 0 atom stereocenters. The Balaban J connectivity index is 1.85. The number of hydrogen-bond donors (Lipinski definition) is 3. The first-order valence-corrected chi connectivity index (χ1v) is 11.1. The summed E-state index contributed by atoms with van der Waals surface area (Å²) in [5, 5.41) is 33.9. The zero-order valence-electron chi connectivity index (χ0n) is 19.4. The van der Waals surface area contributed by atoms with Gasteiger partial charge in [-0.3, -0.25) is 4.98 Å². The number of methoxy groups -OCH3 is 2. The number of pyridine rings is 2. The minimum Gasteiger partial charge on any atom is -0.506 e. The van der Waals surface area contributed by atoms with E-state index in [4.69, 9.17) is 25.5 Å². The van der Waals surface area contributed by atoms with Crippen LogP contribution in [0.2, 0.25) is 5.02 Å². The predicted molar refractivity (Wildman–Crippen MR) is 129 cm³/mol. The van der Waals surface area contributed by atoms with E-state index in [9.17, 15) is 10.2 Å². The fourth-order valence-electron chi connectivity index (χ4n) is 3.63. The van der Waals surface area contributed by atoms with Crippen molar-refractivity contribution in [2.45, 2.75) is 19.9 Å². The smallest absolute Gasteiger partial charge is 0.257 e. The van der Waals surface area contributed by atoms with Crippen LogP contribution in [0.25, 0.3) is 22.6 Å². The molecule has 0 aliphatic heterocycles. The van der Waals surface area contributed by atoms with Crippen molar-refractivity contribution in [1.29, 1.82) is 0 Å². The predicted octanol–water partition coefficient (Wildman–Crippen LogP) is 3.98. The molecule has 1 aromatic carbocycles. The second-order valence-corrected chi connectivity index (χ2v) is 7.88. The minimum absolute atomic E-state index is 0.0958. The summed E-state index contributed by atoms with van der Waals surface area (Å²) in [6, 6.07) is 8.70. The van der Waals surface area contributed by atoms with Gasteiger partial charge in [0.2, 0.25) is 11.8 Å². The van der Waals surface area contributed by atoms with Gasteiger partial charge in [0.05, 0.1) is 42.5 Å². The summed E-state index contributed by atoms with van der Waals surface area (Å²) in [4.78, 5) is 8.56. The lowest BCUT2D eigenvalue weighted by Gasteiger charge is -2.19. The molecule has 3 N–H and O–H groups in total. The van der Waals surface area contributed by atoms with Crippen molar-refractivity contribution in [2.24, 2.45) is 0 Å². The van der Waals surface area contributed by atoms with E-state index in [2.05, 4.69) is 25.5 Å². The number of halogens is 1. The summed E-state index contributed by atoms with van der Waals surface area (Å²) in [7, 11) is 3.03. The number of aromatic hydroxyl groups is 2. The van der Waals surface area contributed by atoms with Crippen LogP contribution in [0.4, 0.5) is 0 Å². The standard InChI is InChI=1S/C24H24ClN5O5/c1-4-26-12-15-19(20-16(33-2)6-5-7-17(20)34-3)22(31)21(23(32)28-15)24-30-29-18(35-24)10-14-9-8-13(25)11-27-14/h5-9,11,26H,4,10,12H2,1-3H3,(H2,28,31,32). The summed E-state index contributed by atoms with van der Waals surface area (Å²) in [5.74, 6) is 0.302. The highest BCUT2D eigenvalue weighted by Crippen LogP contribution is 2.49. The molecule has 0 radical (unpaired) electrons. The van der Waals surface area contributed by atoms with Crippen molar-refractivity contribution >= 4 is 11.6 Å². The molecule has 35 heavy (non-hydrogen) atoms. The van der Waals surface area contributed by atoms with Gasteiger partial charge < -0.3 is 29.4 Å². The van der Waals surface area contributed by atoms with Crippen molar-refractivity contribution in [3.8, 4) is 45.7 Å². The molecule has 4 rings (SSSR count). The molecule has 0 saturated carbocycles. The fraction of sp³-hybridized carbons (Fsp3) is 0.250. The number of rotatable bonds is 9. The second kappa shape index (κ2) is 10.6. The molecule has 3 heterocycles. The number of nitrogens with zero attached hydrogens (tertiary/aromatic N) is 4. The van der Waals surface area contributed by atoms with E-state index in [0.717, 1.165) is 0 Å². The van der Waals surface area contributed by atoms with E-state index in [1.165, 1.54) is 20.4 Å². The zero-order valence-corrected chi connectivity index (χ0v) is 20.1. The van der Waals surface area contributed by atoms with Crippen LogP contribution in [0, 0.1) is 0 Å². The summed E-state index contributed by atoms with van der Waals surface area (Å²) < 4.78 is 16.8. The van der Waals surface area contributed by atoms with Crippen LogP contribution >= 0.6 is 11.6 Å². The average Bonchev–Trinajstić information content (AvgIpc) is 3.31. The van der Waals surface area contributed by atoms with Crippen molar-refractivity contribution in [3.63, 3.8) is 0 Å². The first-order valence-electron chi connectivity index (χ1n) is 10.8. The minimum atomic E-state index is -0.451. The number of benzene rings is 1. The molecule has 0 saturated heterocycles. The normalized spacial score (nSPS) is 11.0. The third-order valence-corrected chi connectivity index (χ3v) is 5.47. The van der Waals surface area contributed by atoms with Gasteiger partial charge in [0, 0.05) is 18.4 Å². The monoisotopic (exact) mass is 497 g/mol. The van der Waals surface area contributed by atoms with Gasteiger partial charge in [-0.05, 0) is 30.8 Å². The number of aromatic nitrogens is 4. The Morgan fingerprint density at radius 1 is 1.00 bits per heavy atom. The van der Waals surface area contributed by atoms with E-state index in [-0.39, 0.29) is 36.1 Å². The van der Waals surface area contributed by atoms with E-state index >= 15 is 0 Å². The summed E-state index contributed by atoms with van der Waals surface area (Å²) in [5.41, 5.74) is 1.74. The van der Waals surface area contributed by atoms with Crippen LogP contribution in [-0.2, 0) is 13.0 Å². The van der Waals surface area contributed by atoms with Crippen molar-refractivity contribution in [1.82, 2.24) is 25.5 Å². The molecule has 0 spiro atoms. The molecule has 0 aliphatic carbocycles. The Morgan fingerprint density at radius 2 is 1.74 bits per heavy atom. The SMILES string of the molecule is CCNCc1nc(O)c(-c2nnc(Cc3ccc(Cl)cn3)o2)c(O)c1-c1c(OC)cccc1OC. The Labute approximate surface area is 206 Å². The van der Waals surface area contributed by atoms with Crippen LogP contribution in [-0.4, -0.2) is 51.1 Å². The Morgan fingerprint density at radius 3 is 2.37 bits per heavy atom. The lowest BCUT2D eigenvalue weighted by molar-refractivity contribution is 0.395. The molecule has 0 aliphatic rings. The van der Waals surface area contributed by atoms with E-state index < -0.39 is 5.88 Å². The Kier molecular flexibility index (Phi) is 7.33. The molecule has 0 unspecified atom stereocenters. The third kappa shape index (κ3) is 4.98. The molecule has 3 aromatic heterocycles. The Bertz CT molecular complexity index is 1300. The van der Waals surface area contributed by atoms with Crippen molar-refractivity contribution in [2.75, 3.05) is 20.8 Å². The number of hydrogen-bond acceptors (Lipinski definition) is 10. The highest BCUT2D eigenvalue weighted by atomic mass is 35.5. The van der Waals surface area contributed by atoms with Crippen LogP contribution in [0.1, 0.15) is 24.2 Å². The lowest BCUT2D eigenvalue weighted by Crippen LogP contribution is -2.14. The van der Waals surface area contributed by atoms with Gasteiger partial charge in [0.15, 0.2) is 0 Å². The van der Waals surface area contributed by atoms with Crippen LogP contribution in [0.3, 0.4) is 0 Å². The van der Waals surface area contributed by atoms with Gasteiger partial charge in [-0.25, -0.2) is 4.98 Å². The third-order valence-electron chi connectivity index (χ3n) is 5.25. The molecular weight excluding hydrogens is 474 g/mol. The van der Waals surface area contributed by atoms with Gasteiger partial charge in [0.1, 0.15) is 22.8 Å². The van der Waals surface area contributed by atoms with Crippen LogP contribution < -0.4 is 14.8 Å². The maximum Gasteiger partial charge on any atom is 0.257 e. The Hall–Kier alpha value is -3.89.